The number of halogens is 2. The molecule has 2 rings (SSSR count). The van der Waals surface area contributed by atoms with Gasteiger partial charge in [0.25, 0.3) is 0 Å². The Balaban J connectivity index is 2.15. The van der Waals surface area contributed by atoms with Crippen molar-refractivity contribution in [3.05, 3.63) is 50.4 Å². The van der Waals surface area contributed by atoms with Crippen molar-refractivity contribution in [1.29, 1.82) is 0 Å². The average molecular weight is 443 g/mol. The number of ether oxygens (including phenoxy) is 2. The van der Waals surface area contributed by atoms with Gasteiger partial charge in [-0.25, -0.2) is 0 Å². The van der Waals surface area contributed by atoms with Gasteiger partial charge in [-0.15, -0.1) is 0 Å². The molecule has 1 N–H and O–H groups in total. The summed E-state index contributed by atoms with van der Waals surface area (Å²) >= 11 is 7.07. The fourth-order valence-electron chi connectivity index (χ4n) is 2.24. The van der Waals surface area contributed by atoms with Gasteiger partial charge in [0.05, 0.1) is 18.2 Å². The van der Waals surface area contributed by atoms with E-state index in [2.05, 4.69) is 69.2 Å². The molecule has 23 heavy (non-hydrogen) atoms. The first kappa shape index (κ1) is 18.1. The van der Waals surface area contributed by atoms with Crippen molar-refractivity contribution in [3.8, 4) is 11.5 Å². The summed E-state index contributed by atoms with van der Waals surface area (Å²) in [5.74, 6) is 1.51. The van der Waals surface area contributed by atoms with E-state index in [0.717, 1.165) is 38.1 Å². The molecular weight excluding hydrogens is 422 g/mol. The van der Waals surface area contributed by atoms with Gasteiger partial charge in [-0.05, 0) is 70.7 Å². The van der Waals surface area contributed by atoms with Crippen LogP contribution in [0.2, 0.25) is 0 Å². The van der Waals surface area contributed by atoms with Gasteiger partial charge in [0.15, 0.2) is 11.5 Å². The second kappa shape index (κ2) is 8.60. The molecule has 3 nitrogen and oxygen atoms in total. The van der Waals surface area contributed by atoms with Crippen LogP contribution in [0.4, 0.5) is 5.69 Å². The van der Waals surface area contributed by atoms with E-state index < -0.39 is 0 Å². The minimum absolute atomic E-state index is 0.671. The molecule has 0 aromatic heterocycles. The fraction of sp³-hybridized carbons (Fsp3) is 0.333. The number of benzene rings is 2. The van der Waals surface area contributed by atoms with Crippen molar-refractivity contribution in [3.63, 3.8) is 0 Å². The minimum atomic E-state index is 0.671. The van der Waals surface area contributed by atoms with E-state index in [0.29, 0.717) is 13.2 Å². The number of hydrogen-bond acceptors (Lipinski definition) is 3. The summed E-state index contributed by atoms with van der Waals surface area (Å²) in [5, 5.41) is 3.46. The molecule has 0 radical (unpaired) electrons. The molecule has 0 bridgehead atoms. The maximum absolute atomic E-state index is 5.76. The zero-order chi connectivity index (χ0) is 16.8. The lowest BCUT2D eigenvalue weighted by Gasteiger charge is -2.15. The maximum Gasteiger partial charge on any atom is 0.175 e. The summed E-state index contributed by atoms with van der Waals surface area (Å²) in [6.45, 7) is 5.56. The molecule has 0 saturated carbocycles. The van der Waals surface area contributed by atoms with Gasteiger partial charge in [-0.1, -0.05) is 22.9 Å². The van der Waals surface area contributed by atoms with Crippen LogP contribution in [0.15, 0.2) is 39.3 Å². The van der Waals surface area contributed by atoms with E-state index >= 15 is 0 Å². The highest BCUT2D eigenvalue weighted by atomic mass is 79.9. The molecule has 0 fully saturated rings. The van der Waals surface area contributed by atoms with Gasteiger partial charge >= 0.3 is 0 Å². The van der Waals surface area contributed by atoms with E-state index in [-0.39, 0.29) is 0 Å². The summed E-state index contributed by atoms with van der Waals surface area (Å²) in [6.07, 6.45) is 0.960. The number of nitrogens with one attached hydrogen (secondary N) is 1. The van der Waals surface area contributed by atoms with Crippen LogP contribution in [-0.2, 0) is 6.54 Å². The average Bonchev–Trinajstić information content (AvgIpc) is 2.52. The molecule has 0 heterocycles. The summed E-state index contributed by atoms with van der Waals surface area (Å²) in [5.41, 5.74) is 3.45. The van der Waals surface area contributed by atoms with Crippen LogP contribution in [0.25, 0.3) is 0 Å². The number of rotatable bonds is 7. The third kappa shape index (κ3) is 4.88. The van der Waals surface area contributed by atoms with Gasteiger partial charge < -0.3 is 14.8 Å². The molecule has 2 aromatic carbocycles. The molecule has 124 valence electrons. The highest BCUT2D eigenvalue weighted by Gasteiger charge is 2.11. The molecular formula is C18H21Br2NO2. The number of anilines is 1. The van der Waals surface area contributed by atoms with Gasteiger partial charge in [0.2, 0.25) is 0 Å². The molecule has 0 aliphatic carbocycles. The summed E-state index contributed by atoms with van der Waals surface area (Å²) in [6, 6.07) is 10.3. The zero-order valence-corrected chi connectivity index (χ0v) is 16.8. The van der Waals surface area contributed by atoms with Gasteiger partial charge in [-0.2, -0.15) is 0 Å². The smallest absolute Gasteiger partial charge is 0.175 e. The summed E-state index contributed by atoms with van der Waals surface area (Å²) < 4.78 is 13.2. The third-order valence-corrected chi connectivity index (χ3v) is 4.49. The molecule has 0 unspecified atom stereocenters. The Bertz CT molecular complexity index is 674. The lowest BCUT2D eigenvalue weighted by Crippen LogP contribution is -2.03. The van der Waals surface area contributed by atoms with Crippen molar-refractivity contribution in [2.45, 2.75) is 26.8 Å². The Labute approximate surface area is 154 Å². The van der Waals surface area contributed by atoms with Crippen molar-refractivity contribution in [2.75, 3.05) is 19.0 Å². The maximum atomic E-state index is 5.76. The Kier molecular flexibility index (Phi) is 6.78. The first-order valence-electron chi connectivity index (χ1n) is 7.54. The second-order valence-corrected chi connectivity index (χ2v) is 7.04. The summed E-state index contributed by atoms with van der Waals surface area (Å²) in [4.78, 5) is 0. The SMILES string of the molecule is CCCOc1c(Br)cc(CNc2ccc(Br)cc2C)cc1OC. The predicted octanol–water partition coefficient (Wildman–Crippen LogP) is 5.93. The molecule has 0 amide bonds. The largest absolute Gasteiger partial charge is 0.493 e. The first-order chi connectivity index (χ1) is 11.0. The van der Waals surface area contributed by atoms with Gasteiger partial charge in [-0.3, -0.25) is 0 Å². The third-order valence-electron chi connectivity index (χ3n) is 3.41. The van der Waals surface area contributed by atoms with E-state index in [1.807, 2.05) is 12.1 Å². The Morgan fingerprint density at radius 1 is 1.13 bits per heavy atom. The topological polar surface area (TPSA) is 30.5 Å². The highest BCUT2D eigenvalue weighted by molar-refractivity contribution is 9.10. The lowest BCUT2D eigenvalue weighted by atomic mass is 10.1. The molecule has 0 aliphatic rings. The minimum Gasteiger partial charge on any atom is -0.493 e. The van der Waals surface area contributed by atoms with Crippen LogP contribution in [0.3, 0.4) is 0 Å². The van der Waals surface area contributed by atoms with E-state index in [9.17, 15) is 0 Å². The molecule has 0 aliphatic heterocycles. The van der Waals surface area contributed by atoms with Crippen LogP contribution in [-0.4, -0.2) is 13.7 Å². The molecule has 0 atom stereocenters. The Morgan fingerprint density at radius 3 is 2.57 bits per heavy atom. The van der Waals surface area contributed by atoms with Crippen LogP contribution in [0.1, 0.15) is 24.5 Å². The van der Waals surface area contributed by atoms with Gasteiger partial charge in [0, 0.05) is 16.7 Å². The van der Waals surface area contributed by atoms with E-state index in [1.165, 1.54) is 5.56 Å². The van der Waals surface area contributed by atoms with Crippen LogP contribution in [0.5, 0.6) is 11.5 Å². The quantitative estimate of drug-likeness (QED) is 0.576. The van der Waals surface area contributed by atoms with Crippen molar-refractivity contribution in [1.82, 2.24) is 0 Å². The normalized spacial score (nSPS) is 10.5. The predicted molar refractivity (Wildman–Crippen MR) is 103 cm³/mol. The van der Waals surface area contributed by atoms with Crippen LogP contribution < -0.4 is 14.8 Å². The monoisotopic (exact) mass is 441 g/mol. The summed E-state index contributed by atoms with van der Waals surface area (Å²) in [7, 11) is 1.66. The van der Waals surface area contributed by atoms with E-state index in [1.54, 1.807) is 7.11 Å². The molecule has 5 heteroatoms. The van der Waals surface area contributed by atoms with Crippen LogP contribution >= 0.6 is 31.9 Å². The number of methoxy groups -OCH3 is 1. The Morgan fingerprint density at radius 2 is 1.91 bits per heavy atom. The van der Waals surface area contributed by atoms with Gasteiger partial charge in [0.1, 0.15) is 0 Å². The Hall–Kier alpha value is -1.20. The number of hydrogen-bond donors (Lipinski definition) is 1. The molecule has 0 spiro atoms. The fourth-order valence-corrected chi connectivity index (χ4v) is 3.32. The standard InChI is InChI=1S/C18H21Br2NO2/c1-4-7-23-18-15(20)9-13(10-17(18)22-3)11-21-16-6-5-14(19)8-12(16)2/h5-6,8-10,21H,4,7,11H2,1-3H3. The van der Waals surface area contributed by atoms with Crippen molar-refractivity contribution >= 4 is 37.5 Å². The highest BCUT2D eigenvalue weighted by Crippen LogP contribution is 2.37. The molecule has 0 saturated heterocycles. The van der Waals surface area contributed by atoms with E-state index in [4.69, 9.17) is 9.47 Å². The van der Waals surface area contributed by atoms with Crippen LogP contribution in [0, 0.1) is 6.92 Å². The van der Waals surface area contributed by atoms with Crippen molar-refractivity contribution < 1.29 is 9.47 Å². The first-order valence-corrected chi connectivity index (χ1v) is 9.13. The lowest BCUT2D eigenvalue weighted by molar-refractivity contribution is 0.292. The number of aryl methyl sites for hydroxylation is 1. The van der Waals surface area contributed by atoms with Crippen molar-refractivity contribution in [2.24, 2.45) is 0 Å². The molecule has 2 aromatic rings. The zero-order valence-electron chi connectivity index (χ0n) is 13.6. The second-order valence-electron chi connectivity index (χ2n) is 5.27.